The lowest BCUT2D eigenvalue weighted by Gasteiger charge is -2.09. The molecule has 1 N–H and O–H groups in total. The number of furan rings is 1. The van der Waals surface area contributed by atoms with E-state index < -0.39 is 5.97 Å². The molecule has 1 aromatic carbocycles. The van der Waals surface area contributed by atoms with Gasteiger partial charge in [-0.15, -0.1) is 11.3 Å². The summed E-state index contributed by atoms with van der Waals surface area (Å²) in [5.74, 6) is 0.0972. The molecule has 0 aliphatic rings. The largest absolute Gasteiger partial charge is 0.475 e. The van der Waals surface area contributed by atoms with Crippen LogP contribution in [0.15, 0.2) is 51.0 Å². The van der Waals surface area contributed by atoms with Gasteiger partial charge >= 0.3 is 5.97 Å². The second-order valence-corrected chi connectivity index (χ2v) is 8.09. The van der Waals surface area contributed by atoms with Gasteiger partial charge in [0.1, 0.15) is 16.4 Å². The van der Waals surface area contributed by atoms with Gasteiger partial charge in [-0.3, -0.25) is 9.36 Å². The van der Waals surface area contributed by atoms with Crippen molar-refractivity contribution in [2.75, 3.05) is 0 Å². The van der Waals surface area contributed by atoms with Crippen molar-refractivity contribution in [3.8, 4) is 11.1 Å². The third kappa shape index (κ3) is 3.49. The van der Waals surface area contributed by atoms with Gasteiger partial charge in [-0.2, -0.15) is 0 Å². The number of aromatic nitrogens is 2. The van der Waals surface area contributed by atoms with E-state index in [0.717, 1.165) is 11.1 Å². The van der Waals surface area contributed by atoms with Crippen molar-refractivity contribution < 1.29 is 14.3 Å². The number of thiophene rings is 1. The van der Waals surface area contributed by atoms with E-state index in [4.69, 9.17) is 9.52 Å². The van der Waals surface area contributed by atoms with Gasteiger partial charge in [0.15, 0.2) is 0 Å². The number of nitrogens with zero attached hydrogens (tertiary/aromatic N) is 2. The number of carbonyl (C=O) groups is 1. The smallest absolute Gasteiger partial charge is 0.371 e. The van der Waals surface area contributed by atoms with Gasteiger partial charge in [-0.05, 0) is 36.1 Å². The minimum absolute atomic E-state index is 0.127. The summed E-state index contributed by atoms with van der Waals surface area (Å²) in [5.41, 5.74) is 2.91. The number of aromatic carboxylic acids is 1. The van der Waals surface area contributed by atoms with Crippen LogP contribution in [0.1, 0.15) is 47.5 Å². The summed E-state index contributed by atoms with van der Waals surface area (Å²) in [4.78, 5) is 29.6. The minimum Gasteiger partial charge on any atom is -0.475 e. The molecule has 0 unspecified atom stereocenters. The van der Waals surface area contributed by atoms with Gasteiger partial charge in [-0.1, -0.05) is 38.1 Å². The van der Waals surface area contributed by atoms with Crippen molar-refractivity contribution in [3.63, 3.8) is 0 Å². The van der Waals surface area contributed by atoms with Crippen LogP contribution in [0.3, 0.4) is 0 Å². The third-order valence-electron chi connectivity index (χ3n) is 4.96. The molecule has 0 bridgehead atoms. The van der Waals surface area contributed by atoms with Crippen molar-refractivity contribution in [2.24, 2.45) is 0 Å². The predicted molar refractivity (Wildman–Crippen MR) is 113 cm³/mol. The SMILES string of the molecule is Cc1nc2scc(-c3ccc(C(C)C)cc3)c2c(=O)n1Cc1ccc(C(=O)O)o1. The molecule has 0 fully saturated rings. The van der Waals surface area contributed by atoms with Crippen LogP contribution in [0.4, 0.5) is 0 Å². The van der Waals surface area contributed by atoms with E-state index in [1.807, 2.05) is 17.5 Å². The Bertz CT molecular complexity index is 1260. The van der Waals surface area contributed by atoms with Crippen molar-refractivity contribution in [2.45, 2.75) is 33.2 Å². The van der Waals surface area contributed by atoms with Crippen LogP contribution < -0.4 is 5.56 Å². The molecule has 0 aliphatic carbocycles. The highest BCUT2D eigenvalue weighted by Crippen LogP contribution is 2.32. The molecule has 3 heterocycles. The first-order valence-electron chi connectivity index (χ1n) is 9.26. The van der Waals surface area contributed by atoms with E-state index in [-0.39, 0.29) is 17.9 Å². The van der Waals surface area contributed by atoms with Crippen LogP contribution in [-0.2, 0) is 6.54 Å². The molecule has 0 spiro atoms. The molecule has 0 saturated heterocycles. The van der Waals surface area contributed by atoms with Gasteiger partial charge in [-0.25, -0.2) is 9.78 Å². The summed E-state index contributed by atoms with van der Waals surface area (Å²) in [7, 11) is 0. The van der Waals surface area contributed by atoms with E-state index in [2.05, 4.69) is 31.0 Å². The number of rotatable bonds is 5. The molecule has 0 atom stereocenters. The number of carboxylic acids is 1. The van der Waals surface area contributed by atoms with Crippen LogP contribution >= 0.6 is 11.3 Å². The van der Waals surface area contributed by atoms with Gasteiger partial charge in [0, 0.05) is 10.9 Å². The standard InChI is InChI=1S/C22H20N2O4S/c1-12(2)14-4-6-15(7-5-14)17-11-29-20-19(17)21(25)24(13(3)23-20)10-16-8-9-18(28-16)22(26)27/h4-9,11-12H,10H2,1-3H3,(H,26,27). The summed E-state index contributed by atoms with van der Waals surface area (Å²) in [6.07, 6.45) is 0. The van der Waals surface area contributed by atoms with Crippen molar-refractivity contribution in [1.29, 1.82) is 0 Å². The lowest BCUT2D eigenvalue weighted by atomic mass is 9.99. The number of benzene rings is 1. The second kappa shape index (κ2) is 7.33. The highest BCUT2D eigenvalue weighted by Gasteiger charge is 2.17. The monoisotopic (exact) mass is 408 g/mol. The van der Waals surface area contributed by atoms with E-state index in [1.165, 1.54) is 27.5 Å². The average Bonchev–Trinajstić information content (AvgIpc) is 3.32. The maximum Gasteiger partial charge on any atom is 0.371 e. The predicted octanol–water partition coefficient (Wildman–Crippen LogP) is 4.90. The molecule has 0 aliphatic heterocycles. The molecule has 3 aromatic heterocycles. The topological polar surface area (TPSA) is 85.3 Å². The number of hydrogen-bond acceptors (Lipinski definition) is 5. The highest BCUT2D eigenvalue weighted by molar-refractivity contribution is 7.17. The Kier molecular flexibility index (Phi) is 4.84. The summed E-state index contributed by atoms with van der Waals surface area (Å²) in [6, 6.07) is 11.2. The quantitative estimate of drug-likeness (QED) is 0.508. The van der Waals surface area contributed by atoms with Crippen LogP contribution in [0.25, 0.3) is 21.3 Å². The summed E-state index contributed by atoms with van der Waals surface area (Å²) >= 11 is 1.45. The molecule has 4 aromatic rings. The number of aryl methyl sites for hydroxylation is 1. The fourth-order valence-corrected chi connectivity index (χ4v) is 4.29. The Morgan fingerprint density at radius 3 is 2.55 bits per heavy atom. The van der Waals surface area contributed by atoms with Gasteiger partial charge in [0.2, 0.25) is 5.76 Å². The Labute approximate surface area is 171 Å². The molecule has 0 amide bonds. The average molecular weight is 408 g/mol. The number of fused-ring (bicyclic) bond motifs is 1. The van der Waals surface area contributed by atoms with Gasteiger partial charge in [0.05, 0.1) is 11.9 Å². The number of carboxylic acid groups (broad SMARTS) is 1. The normalized spacial score (nSPS) is 11.4. The Hall–Kier alpha value is -3.19. The summed E-state index contributed by atoms with van der Waals surface area (Å²) in [5, 5.41) is 11.6. The Balaban J connectivity index is 1.80. The molecular weight excluding hydrogens is 388 g/mol. The maximum atomic E-state index is 13.3. The van der Waals surface area contributed by atoms with E-state index in [9.17, 15) is 9.59 Å². The molecule has 4 rings (SSSR count). The fraction of sp³-hybridized carbons (Fsp3) is 0.227. The van der Waals surface area contributed by atoms with Crippen molar-refractivity contribution in [3.05, 3.63) is 75.0 Å². The Morgan fingerprint density at radius 2 is 1.93 bits per heavy atom. The first kappa shape index (κ1) is 19.1. The molecule has 0 radical (unpaired) electrons. The molecule has 6 nitrogen and oxygen atoms in total. The molecule has 148 valence electrons. The molecular formula is C22H20N2O4S. The van der Waals surface area contributed by atoms with Gasteiger partial charge in [0.25, 0.3) is 5.56 Å². The van der Waals surface area contributed by atoms with Crippen LogP contribution in [0, 0.1) is 6.92 Å². The summed E-state index contributed by atoms with van der Waals surface area (Å²) < 4.78 is 6.84. The van der Waals surface area contributed by atoms with Crippen molar-refractivity contribution in [1.82, 2.24) is 9.55 Å². The lowest BCUT2D eigenvalue weighted by Crippen LogP contribution is -2.24. The van der Waals surface area contributed by atoms with Crippen LogP contribution in [0.2, 0.25) is 0 Å². The fourth-order valence-electron chi connectivity index (χ4n) is 3.31. The molecule has 29 heavy (non-hydrogen) atoms. The second-order valence-electron chi connectivity index (χ2n) is 7.23. The first-order valence-corrected chi connectivity index (χ1v) is 10.1. The third-order valence-corrected chi connectivity index (χ3v) is 5.83. The number of hydrogen-bond donors (Lipinski definition) is 1. The van der Waals surface area contributed by atoms with Crippen LogP contribution in [0.5, 0.6) is 0 Å². The molecule has 7 heteroatoms. The zero-order chi connectivity index (χ0) is 20.7. The van der Waals surface area contributed by atoms with E-state index in [1.54, 1.807) is 13.0 Å². The van der Waals surface area contributed by atoms with E-state index >= 15 is 0 Å². The van der Waals surface area contributed by atoms with Crippen molar-refractivity contribution >= 4 is 27.5 Å². The maximum absolute atomic E-state index is 13.3. The Morgan fingerprint density at radius 1 is 1.21 bits per heavy atom. The minimum atomic E-state index is -1.14. The zero-order valence-electron chi connectivity index (χ0n) is 16.3. The molecule has 0 saturated carbocycles. The highest BCUT2D eigenvalue weighted by atomic mass is 32.1. The first-order chi connectivity index (χ1) is 13.8. The van der Waals surface area contributed by atoms with Crippen LogP contribution in [-0.4, -0.2) is 20.6 Å². The van der Waals surface area contributed by atoms with Gasteiger partial charge < -0.3 is 9.52 Å². The lowest BCUT2D eigenvalue weighted by molar-refractivity contribution is 0.0660. The zero-order valence-corrected chi connectivity index (χ0v) is 17.1. The van der Waals surface area contributed by atoms with E-state index in [0.29, 0.717) is 27.7 Å². The summed E-state index contributed by atoms with van der Waals surface area (Å²) in [6.45, 7) is 6.18.